The van der Waals surface area contributed by atoms with Gasteiger partial charge in [-0.15, -0.1) is 0 Å². The molecular formula is C20H43BO4P. The highest BCUT2D eigenvalue weighted by atomic mass is 31.0. The van der Waals surface area contributed by atoms with Crippen molar-refractivity contribution in [2.45, 2.75) is 116 Å². The first-order chi connectivity index (χ1) is 12.4. The summed E-state index contributed by atoms with van der Waals surface area (Å²) in [5.74, 6) is 0. The molecule has 0 spiro atoms. The summed E-state index contributed by atoms with van der Waals surface area (Å²) in [5, 5.41) is 16.4. The van der Waals surface area contributed by atoms with Gasteiger partial charge in [0.25, 0.3) is 0 Å². The molecule has 2 aliphatic carbocycles. The van der Waals surface area contributed by atoms with Crippen LogP contribution in [0.25, 0.3) is 0 Å². The quantitative estimate of drug-likeness (QED) is 0.149. The zero-order valence-electron chi connectivity index (χ0n) is 18.8. The second-order valence-electron chi connectivity index (χ2n) is 8.63. The predicted molar refractivity (Wildman–Crippen MR) is 117 cm³/mol. The van der Waals surface area contributed by atoms with Crippen LogP contribution in [0, 0.1) is 0 Å². The van der Waals surface area contributed by atoms with Crippen LogP contribution in [0.15, 0.2) is 12.2 Å². The molecule has 0 aromatic carbocycles. The second kappa shape index (κ2) is 16.1. The summed E-state index contributed by atoms with van der Waals surface area (Å²) < 4.78 is 11.3. The second-order valence-corrected chi connectivity index (χ2v) is 8.63. The maximum atomic E-state index is 8.52. The van der Waals surface area contributed by atoms with E-state index in [4.69, 9.17) is 16.4 Å². The largest absolute Gasteiger partial charge is 0.391 e. The lowest BCUT2D eigenvalue weighted by atomic mass is 10.0. The third kappa shape index (κ3) is 26.3. The number of allylic oxidation sites excluding steroid dienone is 2. The van der Waals surface area contributed by atoms with Gasteiger partial charge in [0.2, 0.25) is 0 Å². The maximum absolute atomic E-state index is 8.52. The van der Waals surface area contributed by atoms with Gasteiger partial charge in [0.05, 0.1) is 23.4 Å². The summed E-state index contributed by atoms with van der Waals surface area (Å²) >= 11 is 0. The van der Waals surface area contributed by atoms with Crippen LogP contribution in [0.4, 0.5) is 0 Å². The number of hydrogen-bond acceptors (Lipinski definition) is 4. The molecule has 1 saturated heterocycles. The summed E-state index contributed by atoms with van der Waals surface area (Å²) in [6.07, 6.45) is 16.9. The Morgan fingerprint density at radius 2 is 1.31 bits per heavy atom. The lowest BCUT2D eigenvalue weighted by Crippen LogP contribution is -2.15. The predicted octanol–water partition coefficient (Wildman–Crippen LogP) is 5.17. The summed E-state index contributed by atoms with van der Waals surface area (Å²) in [6, 6.07) is 0. The number of aliphatic hydroxyl groups is 1. The molecule has 26 heavy (non-hydrogen) atoms. The zero-order chi connectivity index (χ0) is 21.3. The van der Waals surface area contributed by atoms with Crippen LogP contribution in [0.2, 0.25) is 0 Å². The van der Waals surface area contributed by atoms with Crippen molar-refractivity contribution in [3.63, 3.8) is 0 Å². The molecule has 6 heteroatoms. The third-order valence-electron chi connectivity index (χ3n) is 3.35. The van der Waals surface area contributed by atoms with Crippen molar-refractivity contribution in [3.8, 4) is 0 Å². The van der Waals surface area contributed by atoms with E-state index in [1.54, 1.807) is 41.5 Å². The highest BCUT2D eigenvalue weighted by Crippen LogP contribution is 2.35. The topological polar surface area (TPSA) is 62.2 Å². The van der Waals surface area contributed by atoms with Crippen LogP contribution in [0.3, 0.4) is 0 Å². The first-order valence-corrected chi connectivity index (χ1v) is 10.4. The van der Waals surface area contributed by atoms with E-state index in [9.17, 15) is 0 Å². The molecule has 0 aromatic rings. The van der Waals surface area contributed by atoms with E-state index in [0.29, 0.717) is 12.2 Å². The van der Waals surface area contributed by atoms with Gasteiger partial charge in [-0.25, -0.2) is 4.89 Å². The van der Waals surface area contributed by atoms with Gasteiger partial charge in [-0.1, -0.05) is 25.0 Å². The van der Waals surface area contributed by atoms with E-state index in [-0.39, 0.29) is 0 Å². The zero-order valence-corrected chi connectivity index (χ0v) is 19.0. The minimum Gasteiger partial charge on any atom is -0.391 e. The Morgan fingerprint density at radius 3 is 1.46 bits per heavy atom. The van der Waals surface area contributed by atoms with E-state index in [0.717, 1.165) is 0 Å². The molecule has 3 unspecified atom stereocenters. The fraction of sp³-hybridized carbons (Fsp3) is 0.900. The van der Waals surface area contributed by atoms with E-state index in [2.05, 4.69) is 26.2 Å². The molecule has 4 nitrogen and oxygen atoms in total. The molecule has 0 aromatic heterocycles. The fourth-order valence-corrected chi connectivity index (χ4v) is 2.14. The van der Waals surface area contributed by atoms with Gasteiger partial charge >= 0.3 is 0 Å². The fourth-order valence-electron chi connectivity index (χ4n) is 2.14. The summed E-state index contributed by atoms with van der Waals surface area (Å²) in [5.41, 5.74) is -0.903. The lowest BCUT2D eigenvalue weighted by molar-refractivity contribution is -0.306. The number of hydrogen-bond donors (Lipinski definition) is 2. The monoisotopic (exact) mass is 391 g/mol. The first-order valence-electron chi connectivity index (χ1n) is 10.3. The Hall–Kier alpha value is 0.0749. The van der Waals surface area contributed by atoms with Crippen molar-refractivity contribution in [3.05, 3.63) is 12.2 Å². The van der Waals surface area contributed by atoms with Crippen molar-refractivity contribution in [2.75, 3.05) is 0 Å². The van der Waals surface area contributed by atoms with E-state index < -0.39 is 11.2 Å². The van der Waals surface area contributed by atoms with Crippen molar-refractivity contribution >= 4 is 16.6 Å². The van der Waals surface area contributed by atoms with Crippen molar-refractivity contribution < 1.29 is 20.0 Å². The Kier molecular flexibility index (Phi) is 16.1. The van der Waals surface area contributed by atoms with Gasteiger partial charge in [-0.05, 0) is 81.4 Å². The molecular weight excluding hydrogens is 346 g/mol. The third-order valence-corrected chi connectivity index (χ3v) is 3.35. The van der Waals surface area contributed by atoms with Crippen molar-refractivity contribution in [1.29, 1.82) is 1.34 Å². The Morgan fingerprint density at radius 1 is 1.00 bits per heavy atom. The molecule has 0 bridgehead atoms. The van der Waals surface area contributed by atoms with E-state index >= 15 is 0 Å². The summed E-state index contributed by atoms with van der Waals surface area (Å²) in [6.45, 7) is 10.5. The molecule has 3 atom stereocenters. The molecule has 2 fully saturated rings. The Labute approximate surface area is 167 Å². The molecule has 1 aliphatic heterocycles. The van der Waals surface area contributed by atoms with Gasteiger partial charge in [0.1, 0.15) is 7.53 Å². The van der Waals surface area contributed by atoms with Crippen LogP contribution in [0.5, 0.6) is 0 Å². The molecule has 3 aliphatic rings. The van der Waals surface area contributed by atoms with Gasteiger partial charge in [0.15, 0.2) is 0 Å². The van der Waals surface area contributed by atoms with Gasteiger partial charge in [-0.2, -0.15) is 9.12 Å². The van der Waals surface area contributed by atoms with E-state index in [1.807, 2.05) is 0 Å². The molecule has 1 heterocycles. The average Bonchev–Trinajstić information content (AvgIpc) is 3.36. The molecule has 3 rings (SSSR count). The Balaban J connectivity index is 0. The van der Waals surface area contributed by atoms with Crippen LogP contribution in [-0.2, 0) is 9.62 Å². The van der Waals surface area contributed by atoms with Crippen LogP contribution in [-0.4, -0.2) is 42.6 Å². The summed E-state index contributed by atoms with van der Waals surface area (Å²) in [7, 11) is 3.29. The Bertz CT molecular complexity index is 333. The normalized spacial score (nSPS) is 23.5. The van der Waals surface area contributed by atoms with Crippen LogP contribution >= 0.6 is 9.12 Å². The standard InChI is InChI=1S/C6H10O.C6H10.C4H10O2.C4H10O.BH3P/c1-2-4-6-5(3-1)7-6;1-2-4-6-5-3-1;1-4(2,3)6-5;1-4(2,3)5;1-2/h5-6H,1-4H2;1-2H,3-6H2;5H,1-3H3;5H,1-3H3;1H,2H2/i;;;;1T. The highest BCUT2D eigenvalue weighted by molar-refractivity contribution is 7.49. The number of rotatable bonds is 0. The lowest BCUT2D eigenvalue weighted by Gasteiger charge is -2.10. The molecule has 1 radical (unpaired) electrons. The number of epoxide rings is 1. The molecule has 2 N–H and O–H groups in total. The highest BCUT2D eigenvalue weighted by Gasteiger charge is 2.39. The van der Waals surface area contributed by atoms with Crippen molar-refractivity contribution in [1.82, 2.24) is 0 Å². The minimum atomic E-state index is -0.500. The minimum absolute atomic E-state index is 0.403. The van der Waals surface area contributed by atoms with Crippen LogP contribution in [0.1, 0.15) is 92.9 Å². The van der Waals surface area contributed by atoms with Gasteiger partial charge in [-0.3, -0.25) is 5.26 Å². The molecule has 1 saturated carbocycles. The average molecular weight is 391 g/mol. The van der Waals surface area contributed by atoms with Gasteiger partial charge in [0, 0.05) is 0 Å². The van der Waals surface area contributed by atoms with Crippen molar-refractivity contribution in [2.24, 2.45) is 0 Å². The SMILES string of the molecule is C1=CCCCC1.C1CCC2OC2C1.CC(C)(C)O.CC(C)(C)OO.[3H][B]P. The van der Waals surface area contributed by atoms with Gasteiger partial charge < -0.3 is 9.84 Å². The molecule has 0 amide bonds. The molecule has 155 valence electrons. The summed E-state index contributed by atoms with van der Waals surface area (Å²) in [4.78, 5) is 3.94. The first kappa shape index (κ1) is 26.1. The number of fused-ring (bicyclic) bond motifs is 1. The van der Waals surface area contributed by atoms with E-state index in [1.165, 1.54) is 58.9 Å². The maximum Gasteiger partial charge on any atom is 0.116 e. The smallest absolute Gasteiger partial charge is 0.116 e. The van der Waals surface area contributed by atoms with Crippen LogP contribution < -0.4 is 0 Å². The number of ether oxygens (including phenoxy) is 1.